The van der Waals surface area contributed by atoms with Crippen LogP contribution < -0.4 is 15.5 Å². The summed E-state index contributed by atoms with van der Waals surface area (Å²) in [7, 11) is 5.72. The highest BCUT2D eigenvalue weighted by atomic mass is 35.5. The van der Waals surface area contributed by atoms with Gasteiger partial charge in [-0.3, -0.25) is 9.69 Å². The van der Waals surface area contributed by atoms with E-state index in [4.69, 9.17) is 16.3 Å². The number of rotatable bonds is 10. The lowest BCUT2D eigenvalue weighted by molar-refractivity contribution is -0.125. The van der Waals surface area contributed by atoms with Gasteiger partial charge >= 0.3 is 0 Å². The van der Waals surface area contributed by atoms with Gasteiger partial charge in [0.05, 0.1) is 12.6 Å². The SMILES string of the molecule is COCCNC(=O)[C@@H]1C[C@H](NCc2ccc(N(C)C)cc2)CN1Cc1ccc(Cl)cc1. The van der Waals surface area contributed by atoms with Crippen molar-refractivity contribution in [3.05, 3.63) is 64.7 Å². The Morgan fingerprint density at radius 3 is 2.45 bits per heavy atom. The van der Waals surface area contributed by atoms with Crippen LogP contribution in [0.2, 0.25) is 5.02 Å². The van der Waals surface area contributed by atoms with Gasteiger partial charge in [0.2, 0.25) is 5.91 Å². The van der Waals surface area contributed by atoms with Gasteiger partial charge in [-0.1, -0.05) is 35.9 Å². The molecule has 1 aliphatic rings. The van der Waals surface area contributed by atoms with Crippen molar-refractivity contribution in [3.8, 4) is 0 Å². The lowest BCUT2D eigenvalue weighted by Crippen LogP contribution is -2.43. The zero-order valence-electron chi connectivity index (χ0n) is 18.6. The highest BCUT2D eigenvalue weighted by molar-refractivity contribution is 6.30. The molecule has 0 saturated carbocycles. The van der Waals surface area contributed by atoms with E-state index in [0.717, 1.165) is 36.6 Å². The molecule has 2 atom stereocenters. The van der Waals surface area contributed by atoms with Crippen LogP contribution in [-0.2, 0) is 22.6 Å². The van der Waals surface area contributed by atoms with Crippen molar-refractivity contribution >= 4 is 23.2 Å². The van der Waals surface area contributed by atoms with Crippen molar-refractivity contribution in [1.82, 2.24) is 15.5 Å². The third-order valence-electron chi connectivity index (χ3n) is 5.66. The first-order valence-corrected chi connectivity index (χ1v) is 11.1. The Hall–Kier alpha value is -2.12. The second kappa shape index (κ2) is 11.5. The number of carbonyl (C=O) groups is 1. The minimum Gasteiger partial charge on any atom is -0.383 e. The second-order valence-corrected chi connectivity index (χ2v) is 8.67. The molecule has 0 aliphatic carbocycles. The number of amides is 1. The Kier molecular flexibility index (Phi) is 8.72. The second-order valence-electron chi connectivity index (χ2n) is 8.23. The molecule has 1 aliphatic heterocycles. The highest BCUT2D eigenvalue weighted by Gasteiger charge is 2.36. The number of halogens is 1. The van der Waals surface area contributed by atoms with Crippen molar-refractivity contribution in [2.75, 3.05) is 45.8 Å². The zero-order valence-corrected chi connectivity index (χ0v) is 19.4. The molecule has 1 heterocycles. The fraction of sp³-hybridized carbons (Fsp3) is 0.458. The van der Waals surface area contributed by atoms with Gasteiger partial charge in [0.15, 0.2) is 0 Å². The summed E-state index contributed by atoms with van der Waals surface area (Å²) >= 11 is 6.03. The molecule has 1 amide bonds. The molecule has 2 aromatic rings. The van der Waals surface area contributed by atoms with Gasteiger partial charge < -0.3 is 20.3 Å². The van der Waals surface area contributed by atoms with E-state index in [0.29, 0.717) is 13.2 Å². The van der Waals surface area contributed by atoms with Gasteiger partial charge in [-0.2, -0.15) is 0 Å². The van der Waals surface area contributed by atoms with Crippen LogP contribution in [0.4, 0.5) is 5.69 Å². The Morgan fingerprint density at radius 1 is 1.13 bits per heavy atom. The third-order valence-corrected chi connectivity index (χ3v) is 5.91. The topological polar surface area (TPSA) is 56.8 Å². The van der Waals surface area contributed by atoms with Crippen LogP contribution in [0.25, 0.3) is 0 Å². The quantitative estimate of drug-likeness (QED) is 0.552. The molecule has 2 aromatic carbocycles. The average Bonchev–Trinajstić information content (AvgIpc) is 3.17. The van der Waals surface area contributed by atoms with Crippen LogP contribution in [-0.4, -0.2) is 63.8 Å². The molecule has 3 rings (SSSR count). The summed E-state index contributed by atoms with van der Waals surface area (Å²) < 4.78 is 5.06. The Labute approximate surface area is 190 Å². The Morgan fingerprint density at radius 2 is 1.81 bits per heavy atom. The molecule has 6 nitrogen and oxygen atoms in total. The third kappa shape index (κ3) is 6.94. The maximum atomic E-state index is 12.8. The van der Waals surface area contributed by atoms with Crippen LogP contribution in [0.5, 0.6) is 0 Å². The van der Waals surface area contributed by atoms with Crippen LogP contribution in [0.15, 0.2) is 48.5 Å². The molecule has 168 valence electrons. The van der Waals surface area contributed by atoms with Gasteiger partial charge in [0.1, 0.15) is 0 Å². The van der Waals surface area contributed by atoms with Crippen molar-refractivity contribution in [2.24, 2.45) is 0 Å². The summed E-state index contributed by atoms with van der Waals surface area (Å²) in [5, 5.41) is 7.37. The number of nitrogens with zero attached hydrogens (tertiary/aromatic N) is 2. The van der Waals surface area contributed by atoms with Crippen molar-refractivity contribution < 1.29 is 9.53 Å². The number of benzene rings is 2. The van der Waals surface area contributed by atoms with Gasteiger partial charge in [0, 0.05) is 64.1 Å². The molecule has 7 heteroatoms. The smallest absolute Gasteiger partial charge is 0.237 e. The maximum Gasteiger partial charge on any atom is 0.237 e. The first-order valence-electron chi connectivity index (χ1n) is 10.7. The standard InChI is InChI=1S/C24H33ClN4O2/c1-28(2)22-10-6-18(7-11-22)15-27-21-14-23(24(30)26-12-13-31-3)29(17-21)16-19-4-8-20(25)9-5-19/h4-11,21,23,27H,12-17H2,1-3H3,(H,26,30)/t21-,23-/m0/s1. The minimum absolute atomic E-state index is 0.0608. The number of carbonyl (C=O) groups excluding carboxylic acids is 1. The van der Waals surface area contributed by atoms with Crippen LogP contribution >= 0.6 is 11.6 Å². The highest BCUT2D eigenvalue weighted by Crippen LogP contribution is 2.22. The van der Waals surface area contributed by atoms with E-state index in [1.165, 1.54) is 11.3 Å². The first kappa shape index (κ1) is 23.5. The molecule has 0 radical (unpaired) electrons. The lowest BCUT2D eigenvalue weighted by Gasteiger charge is -2.23. The predicted molar refractivity (Wildman–Crippen MR) is 127 cm³/mol. The van der Waals surface area contributed by atoms with Gasteiger partial charge in [0.25, 0.3) is 0 Å². The molecule has 2 N–H and O–H groups in total. The number of anilines is 1. The summed E-state index contributed by atoms with van der Waals surface area (Å²) in [5.74, 6) is 0.0608. The molecule has 0 spiro atoms. The van der Waals surface area contributed by atoms with Crippen molar-refractivity contribution in [2.45, 2.75) is 31.6 Å². The van der Waals surface area contributed by atoms with E-state index in [1.807, 2.05) is 38.4 Å². The Balaban J connectivity index is 1.61. The molecule has 0 aromatic heterocycles. The van der Waals surface area contributed by atoms with Crippen LogP contribution in [0.3, 0.4) is 0 Å². The zero-order chi connectivity index (χ0) is 22.2. The molecule has 0 bridgehead atoms. The fourth-order valence-corrected chi connectivity index (χ4v) is 4.02. The summed E-state index contributed by atoms with van der Waals surface area (Å²) in [6.07, 6.45) is 0.780. The molecule has 31 heavy (non-hydrogen) atoms. The minimum atomic E-state index is -0.166. The predicted octanol–water partition coefficient (Wildman–Crippen LogP) is 2.90. The number of hydrogen-bond donors (Lipinski definition) is 2. The molecule has 1 saturated heterocycles. The molecule has 0 unspecified atom stereocenters. The van der Waals surface area contributed by atoms with E-state index in [2.05, 4.69) is 44.7 Å². The number of ether oxygens (including phenoxy) is 1. The molecular weight excluding hydrogens is 412 g/mol. The van der Waals surface area contributed by atoms with Crippen LogP contribution in [0, 0.1) is 0 Å². The summed E-state index contributed by atoms with van der Waals surface area (Å²) in [5.41, 5.74) is 3.58. The lowest BCUT2D eigenvalue weighted by atomic mass is 10.1. The van der Waals surface area contributed by atoms with Crippen LogP contribution in [0.1, 0.15) is 17.5 Å². The van der Waals surface area contributed by atoms with Gasteiger partial charge in [-0.05, 0) is 41.8 Å². The summed E-state index contributed by atoms with van der Waals surface area (Å²) in [6, 6.07) is 16.5. The maximum absolute atomic E-state index is 12.8. The van der Waals surface area contributed by atoms with Crippen molar-refractivity contribution in [1.29, 1.82) is 0 Å². The average molecular weight is 445 g/mol. The number of methoxy groups -OCH3 is 1. The molecular formula is C24H33ClN4O2. The normalized spacial score (nSPS) is 18.8. The van der Waals surface area contributed by atoms with Gasteiger partial charge in [-0.25, -0.2) is 0 Å². The first-order chi connectivity index (χ1) is 15.0. The van der Waals surface area contributed by atoms with E-state index >= 15 is 0 Å². The largest absolute Gasteiger partial charge is 0.383 e. The van der Waals surface area contributed by atoms with E-state index in [1.54, 1.807) is 7.11 Å². The van der Waals surface area contributed by atoms with Crippen molar-refractivity contribution in [3.63, 3.8) is 0 Å². The van der Waals surface area contributed by atoms with Gasteiger partial charge in [-0.15, -0.1) is 0 Å². The van der Waals surface area contributed by atoms with E-state index < -0.39 is 0 Å². The van der Waals surface area contributed by atoms with E-state index in [-0.39, 0.29) is 18.0 Å². The monoisotopic (exact) mass is 444 g/mol. The fourth-order valence-electron chi connectivity index (χ4n) is 3.89. The molecule has 1 fully saturated rings. The number of likely N-dealkylation sites (tertiary alicyclic amines) is 1. The van der Waals surface area contributed by atoms with E-state index in [9.17, 15) is 4.79 Å². The Bertz CT molecular complexity index is 826. The number of hydrogen-bond acceptors (Lipinski definition) is 5. The summed E-state index contributed by atoms with van der Waals surface area (Å²) in [6.45, 7) is 3.36. The summed E-state index contributed by atoms with van der Waals surface area (Å²) in [4.78, 5) is 17.2. The number of nitrogens with one attached hydrogen (secondary N) is 2.